The highest BCUT2D eigenvalue weighted by Gasteiger charge is 2.30. The van der Waals surface area contributed by atoms with Crippen molar-refractivity contribution in [2.45, 2.75) is 31.8 Å². The van der Waals surface area contributed by atoms with Crippen molar-refractivity contribution < 1.29 is 19.4 Å². The third kappa shape index (κ3) is 5.63. The van der Waals surface area contributed by atoms with E-state index >= 15 is 0 Å². The van der Waals surface area contributed by atoms with E-state index in [0.29, 0.717) is 78.1 Å². The van der Waals surface area contributed by atoms with Gasteiger partial charge in [-0.1, -0.05) is 24.3 Å². The maximum atomic E-state index is 13.7. The predicted octanol–water partition coefficient (Wildman–Crippen LogP) is 4.24. The second-order valence-corrected chi connectivity index (χ2v) is 11.9. The third-order valence-corrected chi connectivity index (χ3v) is 8.90. The molecular weight excluding hydrogens is 570 g/mol. The Balaban J connectivity index is 1.16. The molecule has 4 aromatic rings. The summed E-state index contributed by atoms with van der Waals surface area (Å²) in [7, 11) is 1.65. The number of morpholine rings is 1. The number of amides is 2. The zero-order valence-electron chi connectivity index (χ0n) is 25.2. The molecule has 2 N–H and O–H groups in total. The van der Waals surface area contributed by atoms with Gasteiger partial charge in [-0.25, -0.2) is 4.98 Å². The number of nitrogens with zero attached hydrogens (tertiary/aromatic N) is 4. The monoisotopic (exact) mass is 605 g/mol. The molecule has 3 aliphatic rings. The van der Waals surface area contributed by atoms with Gasteiger partial charge in [0.05, 0.1) is 31.2 Å². The molecular formula is C35H35N5O5. The highest BCUT2D eigenvalue weighted by atomic mass is 16.5. The molecule has 1 saturated carbocycles. The molecule has 2 fully saturated rings. The van der Waals surface area contributed by atoms with Gasteiger partial charge in [0, 0.05) is 60.8 Å². The molecule has 0 atom stereocenters. The Labute approximate surface area is 260 Å². The first-order chi connectivity index (χ1) is 21.9. The minimum atomic E-state index is -0.331. The fourth-order valence-electron chi connectivity index (χ4n) is 6.24. The molecule has 230 valence electrons. The van der Waals surface area contributed by atoms with Crippen molar-refractivity contribution in [2.75, 3.05) is 43.1 Å². The van der Waals surface area contributed by atoms with Crippen LogP contribution in [0.5, 0.6) is 0 Å². The maximum Gasteiger partial charge on any atom is 0.293 e. The van der Waals surface area contributed by atoms with Crippen molar-refractivity contribution in [3.8, 4) is 11.3 Å². The van der Waals surface area contributed by atoms with Crippen molar-refractivity contribution in [1.29, 1.82) is 0 Å². The molecule has 2 aliphatic heterocycles. The first-order valence-electron chi connectivity index (χ1n) is 15.4. The van der Waals surface area contributed by atoms with Gasteiger partial charge in [0.1, 0.15) is 0 Å². The molecule has 0 unspecified atom stereocenters. The summed E-state index contributed by atoms with van der Waals surface area (Å²) in [5.74, 6) is 0.581. The van der Waals surface area contributed by atoms with E-state index in [0.717, 1.165) is 12.0 Å². The van der Waals surface area contributed by atoms with Crippen LogP contribution in [0, 0.1) is 0 Å². The van der Waals surface area contributed by atoms with E-state index < -0.39 is 0 Å². The topological polar surface area (TPSA) is 117 Å². The lowest BCUT2D eigenvalue weighted by Crippen LogP contribution is -2.40. The van der Waals surface area contributed by atoms with Crippen LogP contribution in [0.1, 0.15) is 56.2 Å². The number of nitrogens with one attached hydrogen (secondary N) is 1. The smallest absolute Gasteiger partial charge is 0.293 e. The molecule has 3 aromatic carbocycles. The standard InChI is InChI=1S/C35H35N5O5/c1-38-20-30(37-32(35(38)44)36-26-10-7-23(8-11-26)33(42)39-15-17-45-18-16-39)28-3-2-4-31(29(28)21-41)40-14-13-25-19-24(22-5-6-22)9-12-27(25)34(40)43/h2-4,7-12,19-20,22,41H,5-6,13-18,21H2,1H3,(H,36,37). The zero-order valence-corrected chi connectivity index (χ0v) is 25.2. The summed E-state index contributed by atoms with van der Waals surface area (Å²) in [6, 6.07) is 18.7. The minimum Gasteiger partial charge on any atom is -0.392 e. The van der Waals surface area contributed by atoms with Crippen LogP contribution in [-0.2, 0) is 24.8 Å². The summed E-state index contributed by atoms with van der Waals surface area (Å²) in [6.45, 7) is 2.37. The molecule has 3 heterocycles. The van der Waals surface area contributed by atoms with Gasteiger partial charge in [-0.15, -0.1) is 0 Å². The van der Waals surface area contributed by atoms with E-state index in [2.05, 4.69) is 22.4 Å². The Morgan fingerprint density at radius 1 is 1.00 bits per heavy atom. The van der Waals surface area contributed by atoms with Crippen LogP contribution in [0.25, 0.3) is 11.3 Å². The van der Waals surface area contributed by atoms with E-state index in [1.165, 1.54) is 23.0 Å². The maximum absolute atomic E-state index is 13.7. The number of aromatic nitrogens is 2. The first kappa shape index (κ1) is 28.9. The van der Waals surface area contributed by atoms with Gasteiger partial charge in [-0.3, -0.25) is 14.4 Å². The number of carbonyl (C=O) groups excluding carboxylic acids is 2. The Bertz CT molecular complexity index is 1840. The van der Waals surface area contributed by atoms with Crippen LogP contribution in [0.2, 0.25) is 0 Å². The number of anilines is 3. The van der Waals surface area contributed by atoms with Gasteiger partial charge in [0.25, 0.3) is 17.4 Å². The Hall–Kier alpha value is -4.80. The Kier molecular flexibility index (Phi) is 7.68. The highest BCUT2D eigenvalue weighted by Crippen LogP contribution is 2.41. The molecule has 0 spiro atoms. The molecule has 2 amide bonds. The van der Waals surface area contributed by atoms with Crippen LogP contribution in [0.4, 0.5) is 17.2 Å². The minimum absolute atomic E-state index is 0.0593. The Morgan fingerprint density at radius 2 is 1.78 bits per heavy atom. The van der Waals surface area contributed by atoms with E-state index in [9.17, 15) is 19.5 Å². The quantitative estimate of drug-likeness (QED) is 0.324. The van der Waals surface area contributed by atoms with E-state index in [4.69, 9.17) is 4.74 Å². The van der Waals surface area contributed by atoms with Crippen molar-refractivity contribution >= 4 is 29.0 Å². The number of hydrogen-bond acceptors (Lipinski definition) is 7. The average Bonchev–Trinajstić information content (AvgIpc) is 3.93. The lowest BCUT2D eigenvalue weighted by atomic mass is 9.93. The molecule has 1 aliphatic carbocycles. The molecule has 45 heavy (non-hydrogen) atoms. The van der Waals surface area contributed by atoms with E-state index in [-0.39, 0.29) is 29.8 Å². The molecule has 7 rings (SSSR count). The van der Waals surface area contributed by atoms with Gasteiger partial charge in [0.2, 0.25) is 0 Å². The van der Waals surface area contributed by atoms with Crippen LogP contribution >= 0.6 is 0 Å². The van der Waals surface area contributed by atoms with Gasteiger partial charge >= 0.3 is 0 Å². The summed E-state index contributed by atoms with van der Waals surface area (Å²) in [5.41, 5.74) is 6.22. The molecule has 1 saturated heterocycles. The van der Waals surface area contributed by atoms with Crippen molar-refractivity contribution in [3.05, 3.63) is 105 Å². The number of rotatable bonds is 7. The van der Waals surface area contributed by atoms with Crippen LogP contribution in [-0.4, -0.2) is 64.2 Å². The number of ether oxygens (including phenoxy) is 1. The van der Waals surface area contributed by atoms with Gasteiger partial charge < -0.3 is 29.5 Å². The number of aliphatic hydroxyl groups is 1. The number of fused-ring (bicyclic) bond motifs is 1. The average molecular weight is 606 g/mol. The van der Waals surface area contributed by atoms with Crippen LogP contribution in [0.15, 0.2) is 71.7 Å². The number of hydrogen-bond donors (Lipinski definition) is 2. The van der Waals surface area contributed by atoms with E-state index in [1.54, 1.807) is 47.3 Å². The molecule has 0 radical (unpaired) electrons. The summed E-state index contributed by atoms with van der Waals surface area (Å²) in [4.78, 5) is 47.8. The summed E-state index contributed by atoms with van der Waals surface area (Å²) < 4.78 is 6.78. The molecule has 10 heteroatoms. The van der Waals surface area contributed by atoms with Gasteiger partial charge in [0.15, 0.2) is 5.82 Å². The fraction of sp³-hybridized carbons (Fsp3) is 0.314. The van der Waals surface area contributed by atoms with Crippen molar-refractivity contribution in [3.63, 3.8) is 0 Å². The van der Waals surface area contributed by atoms with Crippen LogP contribution < -0.4 is 15.8 Å². The number of benzene rings is 3. The van der Waals surface area contributed by atoms with Gasteiger partial charge in [-0.2, -0.15) is 0 Å². The fourth-order valence-corrected chi connectivity index (χ4v) is 6.24. The Morgan fingerprint density at radius 3 is 2.51 bits per heavy atom. The number of carbonyl (C=O) groups is 2. The summed E-state index contributed by atoms with van der Waals surface area (Å²) in [6.07, 6.45) is 4.79. The lowest BCUT2D eigenvalue weighted by Gasteiger charge is -2.31. The van der Waals surface area contributed by atoms with Crippen molar-refractivity contribution in [2.24, 2.45) is 7.05 Å². The number of aryl methyl sites for hydroxylation is 1. The molecule has 0 bridgehead atoms. The molecule has 10 nitrogen and oxygen atoms in total. The van der Waals surface area contributed by atoms with E-state index in [1.807, 2.05) is 24.3 Å². The SMILES string of the molecule is Cn1cc(-c2cccc(N3CCc4cc(C5CC5)ccc4C3=O)c2CO)nc(Nc2ccc(C(=O)N3CCOCC3)cc2)c1=O. The summed E-state index contributed by atoms with van der Waals surface area (Å²) >= 11 is 0. The zero-order chi connectivity index (χ0) is 31.1. The number of aliphatic hydroxyl groups excluding tert-OH is 1. The highest BCUT2D eigenvalue weighted by molar-refractivity contribution is 6.09. The lowest BCUT2D eigenvalue weighted by molar-refractivity contribution is 0.0303. The summed E-state index contributed by atoms with van der Waals surface area (Å²) in [5, 5.41) is 13.7. The first-order valence-corrected chi connectivity index (χ1v) is 15.4. The normalized spacial score (nSPS) is 16.4. The largest absolute Gasteiger partial charge is 0.392 e. The third-order valence-electron chi connectivity index (χ3n) is 8.90. The van der Waals surface area contributed by atoms with Crippen molar-refractivity contribution in [1.82, 2.24) is 14.5 Å². The van der Waals surface area contributed by atoms with Crippen LogP contribution in [0.3, 0.4) is 0 Å². The van der Waals surface area contributed by atoms with Gasteiger partial charge in [-0.05, 0) is 72.7 Å². The molecule has 1 aromatic heterocycles. The second kappa shape index (κ2) is 11.9. The second-order valence-electron chi connectivity index (χ2n) is 11.9. The predicted molar refractivity (Wildman–Crippen MR) is 171 cm³/mol.